The van der Waals surface area contributed by atoms with Crippen LogP contribution in [0, 0.1) is 0 Å². The number of ether oxygens (including phenoxy) is 3. The Balaban J connectivity index is 0.000000189. The summed E-state index contributed by atoms with van der Waals surface area (Å²) in [5.41, 5.74) is 0.0355. The van der Waals surface area contributed by atoms with Crippen LogP contribution in [0.25, 0.3) is 0 Å². The summed E-state index contributed by atoms with van der Waals surface area (Å²) in [5, 5.41) is 2.15. The first-order valence-corrected chi connectivity index (χ1v) is 14.1. The van der Waals surface area contributed by atoms with Gasteiger partial charge in [0.1, 0.15) is 17.4 Å². The van der Waals surface area contributed by atoms with E-state index in [1.807, 2.05) is 20.8 Å². The first kappa shape index (κ1) is 30.4. The quantitative estimate of drug-likeness (QED) is 0.539. The Labute approximate surface area is 240 Å². The van der Waals surface area contributed by atoms with E-state index < -0.39 is 35.3 Å². The second-order valence-electron chi connectivity index (χ2n) is 11.8. The lowest BCUT2D eigenvalue weighted by Crippen LogP contribution is -2.54. The van der Waals surface area contributed by atoms with Gasteiger partial charge in [-0.2, -0.15) is 0 Å². The highest BCUT2D eigenvalue weighted by molar-refractivity contribution is 6.23. The minimum Gasteiger partial charge on any atom is -0.497 e. The molecule has 0 radical (unpaired) electrons. The maximum atomic E-state index is 12.4. The molecular formula is C29H40N4O8. The number of hydrogen-bond acceptors (Lipinski definition) is 9. The minimum atomic E-state index is -0.943. The summed E-state index contributed by atoms with van der Waals surface area (Å²) in [6.45, 7) is 9.34. The highest BCUT2D eigenvalue weighted by atomic mass is 16.6. The Morgan fingerprint density at radius 3 is 2.17 bits per heavy atom. The number of nitrogens with zero attached hydrogens (tertiary/aromatic N) is 3. The number of likely N-dealkylation sites (tertiary alicyclic amines) is 2. The van der Waals surface area contributed by atoms with Crippen molar-refractivity contribution < 1.29 is 38.2 Å². The number of methoxy groups -OCH3 is 1. The highest BCUT2D eigenvalue weighted by Crippen LogP contribution is 2.30. The van der Waals surface area contributed by atoms with Crippen LogP contribution in [-0.2, 0) is 19.1 Å². The lowest BCUT2D eigenvalue weighted by Gasteiger charge is -2.34. The second kappa shape index (κ2) is 12.6. The molecule has 0 spiro atoms. The zero-order valence-electron chi connectivity index (χ0n) is 24.4. The first-order chi connectivity index (χ1) is 19.4. The van der Waals surface area contributed by atoms with Gasteiger partial charge in [0.2, 0.25) is 11.8 Å². The van der Waals surface area contributed by atoms with Crippen LogP contribution in [0.3, 0.4) is 0 Å². The summed E-state index contributed by atoms with van der Waals surface area (Å²) >= 11 is 0. The van der Waals surface area contributed by atoms with Crippen molar-refractivity contribution in [1.82, 2.24) is 20.0 Å². The van der Waals surface area contributed by atoms with E-state index in [4.69, 9.17) is 14.2 Å². The number of likely N-dealkylation sites (N-methyl/N-ethyl adjacent to an activating group) is 1. The molecule has 5 rings (SSSR count). The van der Waals surface area contributed by atoms with Crippen molar-refractivity contribution in [3.05, 3.63) is 29.3 Å². The largest absolute Gasteiger partial charge is 0.497 e. The number of imide groups is 2. The number of benzene rings is 1. The van der Waals surface area contributed by atoms with Crippen molar-refractivity contribution in [3.8, 4) is 5.75 Å². The van der Waals surface area contributed by atoms with E-state index in [2.05, 4.69) is 17.3 Å². The third-order valence-corrected chi connectivity index (χ3v) is 7.47. The topological polar surface area (TPSA) is 135 Å². The highest BCUT2D eigenvalue weighted by Gasteiger charge is 2.44. The fourth-order valence-electron chi connectivity index (χ4n) is 5.36. The number of hydrogen-bond donors (Lipinski definition) is 1. The number of amides is 5. The molecule has 12 nitrogen and oxygen atoms in total. The molecule has 0 aromatic heterocycles. The van der Waals surface area contributed by atoms with Crippen LogP contribution in [0.15, 0.2) is 18.2 Å². The van der Waals surface area contributed by atoms with Gasteiger partial charge in [-0.1, -0.05) is 0 Å². The normalized spacial score (nSPS) is 23.6. The summed E-state index contributed by atoms with van der Waals surface area (Å²) < 4.78 is 16.6. The van der Waals surface area contributed by atoms with Crippen molar-refractivity contribution >= 4 is 29.7 Å². The van der Waals surface area contributed by atoms with Gasteiger partial charge in [0.15, 0.2) is 0 Å². The molecule has 4 aliphatic rings. The third kappa shape index (κ3) is 7.42. The smallest absolute Gasteiger partial charge is 0.410 e. The summed E-state index contributed by atoms with van der Waals surface area (Å²) in [5.74, 6) is -1.61. The Hall–Kier alpha value is -3.51. The molecule has 4 aliphatic heterocycles. The van der Waals surface area contributed by atoms with E-state index in [0.717, 1.165) is 50.3 Å². The Morgan fingerprint density at radius 1 is 0.927 bits per heavy atom. The Kier molecular flexibility index (Phi) is 9.33. The molecule has 41 heavy (non-hydrogen) atoms. The van der Waals surface area contributed by atoms with Gasteiger partial charge in [-0.25, -0.2) is 4.79 Å². The lowest BCUT2D eigenvalue weighted by molar-refractivity contribution is -0.136. The molecule has 224 valence electrons. The third-order valence-electron chi connectivity index (χ3n) is 7.47. The summed E-state index contributed by atoms with van der Waals surface area (Å²) in [6, 6.07) is 3.61. The Morgan fingerprint density at radius 2 is 1.59 bits per heavy atom. The van der Waals surface area contributed by atoms with Gasteiger partial charge < -0.3 is 24.0 Å². The predicted octanol–water partition coefficient (Wildman–Crippen LogP) is 2.20. The average Bonchev–Trinajstić information content (AvgIpc) is 3.43. The van der Waals surface area contributed by atoms with E-state index in [0.29, 0.717) is 18.0 Å². The zero-order valence-corrected chi connectivity index (χ0v) is 24.4. The number of rotatable bonds is 4. The van der Waals surface area contributed by atoms with Crippen LogP contribution in [0.1, 0.15) is 73.6 Å². The molecule has 12 heteroatoms. The van der Waals surface area contributed by atoms with Crippen LogP contribution >= 0.6 is 0 Å². The molecule has 1 aromatic rings. The number of fused-ring (bicyclic) bond motifs is 1. The van der Waals surface area contributed by atoms with Gasteiger partial charge in [0.05, 0.1) is 30.4 Å². The van der Waals surface area contributed by atoms with Gasteiger partial charge in [-0.3, -0.25) is 29.4 Å². The molecule has 3 saturated heterocycles. The van der Waals surface area contributed by atoms with E-state index in [1.165, 1.54) is 19.2 Å². The molecule has 2 atom stereocenters. The van der Waals surface area contributed by atoms with Crippen LogP contribution in [0.2, 0.25) is 0 Å². The van der Waals surface area contributed by atoms with Gasteiger partial charge in [0.25, 0.3) is 11.8 Å². The molecule has 3 fully saturated rings. The number of piperidine rings is 2. The van der Waals surface area contributed by atoms with Gasteiger partial charge in [-0.05, 0) is 71.7 Å². The fraction of sp³-hybridized carbons (Fsp3) is 0.621. The first-order valence-electron chi connectivity index (χ1n) is 14.1. The molecule has 1 aromatic carbocycles. The van der Waals surface area contributed by atoms with Crippen LogP contribution in [-0.4, -0.2) is 109 Å². The maximum Gasteiger partial charge on any atom is 0.410 e. The molecule has 0 bridgehead atoms. The molecule has 5 amide bonds. The number of carbonyl (C=O) groups is 5. The molecule has 2 unspecified atom stereocenters. The maximum absolute atomic E-state index is 12.4. The van der Waals surface area contributed by atoms with E-state index in [9.17, 15) is 24.0 Å². The summed E-state index contributed by atoms with van der Waals surface area (Å²) in [7, 11) is 3.59. The van der Waals surface area contributed by atoms with Crippen molar-refractivity contribution in [3.63, 3.8) is 0 Å². The van der Waals surface area contributed by atoms with Crippen molar-refractivity contribution in [2.24, 2.45) is 0 Å². The van der Waals surface area contributed by atoms with Gasteiger partial charge in [-0.15, -0.1) is 0 Å². The number of carbonyl (C=O) groups excluding carboxylic acids is 5. The minimum absolute atomic E-state index is 0.104. The van der Waals surface area contributed by atoms with E-state index in [1.54, 1.807) is 11.0 Å². The Bertz CT molecular complexity index is 1190. The van der Waals surface area contributed by atoms with Crippen LogP contribution in [0.5, 0.6) is 5.75 Å². The zero-order chi connectivity index (χ0) is 29.9. The predicted molar refractivity (Wildman–Crippen MR) is 147 cm³/mol. The lowest BCUT2D eigenvalue weighted by atomic mass is 10.0. The molecule has 4 heterocycles. The van der Waals surface area contributed by atoms with Crippen molar-refractivity contribution in [2.75, 3.05) is 40.3 Å². The fourth-order valence-corrected chi connectivity index (χ4v) is 5.36. The SMILES string of the molecule is CN1CCC(OC2CCN(C(=O)OC(C)(C)C)CC2)C1.COc1ccc2c(c1)C(=O)N(C1CCC(=O)NC1=O)C2=O. The van der Waals surface area contributed by atoms with E-state index in [-0.39, 0.29) is 30.1 Å². The van der Waals surface area contributed by atoms with E-state index >= 15 is 0 Å². The van der Waals surface area contributed by atoms with Gasteiger partial charge >= 0.3 is 6.09 Å². The molecule has 0 aliphatic carbocycles. The van der Waals surface area contributed by atoms with Gasteiger partial charge in [0, 0.05) is 32.6 Å². The average molecular weight is 573 g/mol. The van der Waals surface area contributed by atoms with Crippen LogP contribution < -0.4 is 10.1 Å². The number of nitrogens with one attached hydrogen (secondary N) is 1. The molecular weight excluding hydrogens is 532 g/mol. The summed E-state index contributed by atoms with van der Waals surface area (Å²) in [4.78, 5) is 64.7. The molecule has 1 N–H and O–H groups in total. The molecule has 0 saturated carbocycles. The summed E-state index contributed by atoms with van der Waals surface area (Å²) in [6.07, 6.45) is 3.68. The standard InChI is InChI=1S/C15H28N2O3.C14H12N2O5/c1-15(2,3)20-14(18)17-9-6-12(7-10-17)19-13-5-8-16(4)11-13;1-21-7-2-3-8-9(6-7)14(20)16(13(8)19)10-4-5-11(17)15-12(10)18/h12-13H,5-11H2,1-4H3;2-3,6,10H,4-5H2,1H3,(H,15,17,18). The van der Waals surface area contributed by atoms with Crippen molar-refractivity contribution in [2.45, 2.75) is 76.7 Å². The second-order valence-corrected chi connectivity index (χ2v) is 11.8. The van der Waals surface area contributed by atoms with Crippen molar-refractivity contribution in [1.29, 1.82) is 0 Å². The van der Waals surface area contributed by atoms with Crippen LogP contribution in [0.4, 0.5) is 4.79 Å². The monoisotopic (exact) mass is 572 g/mol.